The number of nitrogens with one attached hydrogen (secondary N) is 3. The topological polar surface area (TPSA) is 218 Å². The lowest BCUT2D eigenvalue weighted by Crippen LogP contribution is -2.58. The van der Waals surface area contributed by atoms with Gasteiger partial charge in [0.15, 0.2) is 0 Å². The Kier molecular flexibility index (Phi) is 13.9. The molecule has 15 nitrogen and oxygen atoms in total. The second-order valence-electron chi connectivity index (χ2n) is 12.1. The maximum Gasteiger partial charge on any atom is 0.500 e. The Labute approximate surface area is 314 Å². The van der Waals surface area contributed by atoms with E-state index in [0.29, 0.717) is 35.0 Å². The van der Waals surface area contributed by atoms with Crippen LogP contribution in [-0.4, -0.2) is 80.9 Å². The predicted octanol–water partition coefficient (Wildman–Crippen LogP) is 4.08. The number of halogens is 2. The summed E-state index contributed by atoms with van der Waals surface area (Å²) >= 11 is 11.9. The number of benzene rings is 3. The number of carboxylic acid groups (broad SMARTS) is 1. The maximum atomic E-state index is 14.1. The molecule has 1 aliphatic rings. The van der Waals surface area contributed by atoms with Crippen molar-refractivity contribution in [3.05, 3.63) is 88.4 Å². The number of hydrogen-bond donors (Lipinski definition) is 5. The van der Waals surface area contributed by atoms with Crippen molar-refractivity contribution in [1.82, 2.24) is 20.9 Å². The van der Waals surface area contributed by atoms with Crippen molar-refractivity contribution in [3.63, 3.8) is 0 Å². The van der Waals surface area contributed by atoms with Gasteiger partial charge in [0, 0.05) is 29.9 Å². The SMILES string of the molecule is CC(=O)N1CCC[C@H]1C(=O)N[C@@H](Cc1ccc(O)cc1)C(=O)N[C@@H](CC(=O)O)C(=O)N[C@@H](C)C(=O)P(=O)(Oc1ccc(Cl)cc1)Oc1ccc(Cl)cc1. The lowest BCUT2D eigenvalue weighted by molar-refractivity contribution is -0.141. The monoisotopic (exact) mass is 790 g/mol. The van der Waals surface area contributed by atoms with E-state index in [1.807, 2.05) is 0 Å². The van der Waals surface area contributed by atoms with E-state index in [9.17, 15) is 43.5 Å². The molecule has 53 heavy (non-hydrogen) atoms. The van der Waals surface area contributed by atoms with Crippen LogP contribution in [0.15, 0.2) is 72.8 Å². The third-order valence-corrected chi connectivity index (χ3v) is 10.4. The number of phenols is 1. The number of carbonyl (C=O) groups excluding carboxylic acids is 5. The number of aromatic hydroxyl groups is 1. The van der Waals surface area contributed by atoms with Crippen molar-refractivity contribution in [2.45, 2.75) is 63.7 Å². The highest BCUT2D eigenvalue weighted by Crippen LogP contribution is 2.50. The first kappa shape index (κ1) is 40.7. The molecule has 0 aromatic heterocycles. The molecule has 4 atom stereocenters. The highest BCUT2D eigenvalue weighted by molar-refractivity contribution is 7.72. The van der Waals surface area contributed by atoms with E-state index < -0.39 is 67.4 Å². The molecule has 0 saturated carbocycles. The van der Waals surface area contributed by atoms with Gasteiger partial charge in [-0.05, 0) is 86.0 Å². The van der Waals surface area contributed by atoms with Gasteiger partial charge in [-0.15, -0.1) is 0 Å². The zero-order valence-corrected chi connectivity index (χ0v) is 30.9. The molecule has 1 heterocycles. The number of carboxylic acids is 1. The van der Waals surface area contributed by atoms with Crippen LogP contribution in [0.4, 0.5) is 0 Å². The Bertz CT molecular complexity index is 1830. The average Bonchev–Trinajstić information content (AvgIpc) is 3.61. The number of rotatable bonds is 16. The summed E-state index contributed by atoms with van der Waals surface area (Å²) in [7, 11) is -4.82. The normalized spacial score (nSPS) is 15.7. The minimum Gasteiger partial charge on any atom is -0.508 e. The Balaban J connectivity index is 1.55. The van der Waals surface area contributed by atoms with Gasteiger partial charge in [-0.25, -0.2) is 4.57 Å². The molecule has 1 fully saturated rings. The summed E-state index contributed by atoms with van der Waals surface area (Å²) in [6.07, 6.45) is -0.178. The molecule has 0 unspecified atom stereocenters. The Morgan fingerprint density at radius 2 is 1.36 bits per heavy atom. The maximum absolute atomic E-state index is 14.1. The van der Waals surface area contributed by atoms with Crippen LogP contribution in [0.3, 0.4) is 0 Å². The van der Waals surface area contributed by atoms with Gasteiger partial charge in [0.1, 0.15) is 35.4 Å². The van der Waals surface area contributed by atoms with Crippen LogP contribution < -0.4 is 25.0 Å². The van der Waals surface area contributed by atoms with Crippen LogP contribution in [0.25, 0.3) is 0 Å². The number of aliphatic carboxylic acids is 1. The van der Waals surface area contributed by atoms with Crippen molar-refractivity contribution in [1.29, 1.82) is 0 Å². The van der Waals surface area contributed by atoms with E-state index in [2.05, 4.69) is 16.0 Å². The molecule has 4 rings (SSSR count). The third-order valence-electron chi connectivity index (χ3n) is 8.06. The van der Waals surface area contributed by atoms with Crippen molar-refractivity contribution >= 4 is 65.9 Å². The highest BCUT2D eigenvalue weighted by atomic mass is 35.5. The fraction of sp³-hybridized carbons (Fsp3) is 0.314. The summed E-state index contributed by atoms with van der Waals surface area (Å²) in [5.74, 6) is -4.71. The van der Waals surface area contributed by atoms with Gasteiger partial charge in [0.05, 0.1) is 12.5 Å². The fourth-order valence-electron chi connectivity index (χ4n) is 5.41. The standard InChI is InChI=1S/C35H37Cl2N4O11P/c1-20(35(49)53(50,51-26-13-7-23(36)8-14-26)52-27-15-9-24(37)10-16-27)38-32(46)29(19-31(44)45)39-33(47)28(18-22-5-11-25(43)12-6-22)40-34(48)30-4-3-17-41(30)21(2)42/h5-16,20,28-30,43H,3-4,17-19H2,1-2H3,(H,38,46)(H,39,47)(H,40,48)(H,44,45)/t20-,28-,29-,30-/m0/s1. The zero-order valence-electron chi connectivity index (χ0n) is 28.5. The summed E-state index contributed by atoms with van der Waals surface area (Å²) in [4.78, 5) is 79.6. The van der Waals surface area contributed by atoms with E-state index in [1.54, 1.807) is 0 Å². The summed E-state index contributed by atoms with van der Waals surface area (Å²) in [6, 6.07) is 11.2. The second-order valence-corrected chi connectivity index (χ2v) is 14.8. The number of amides is 4. The molecule has 18 heteroatoms. The molecule has 0 bridgehead atoms. The Morgan fingerprint density at radius 1 is 0.830 bits per heavy atom. The molecule has 0 spiro atoms. The van der Waals surface area contributed by atoms with Crippen LogP contribution in [0, 0.1) is 0 Å². The average molecular weight is 792 g/mol. The van der Waals surface area contributed by atoms with Gasteiger partial charge in [-0.1, -0.05) is 35.3 Å². The molecule has 3 aromatic rings. The largest absolute Gasteiger partial charge is 0.508 e. The Hall–Kier alpha value is -5.11. The minimum absolute atomic E-state index is 0.0506. The van der Waals surface area contributed by atoms with Crippen LogP contribution in [0.1, 0.15) is 38.7 Å². The van der Waals surface area contributed by atoms with Gasteiger partial charge in [0.2, 0.25) is 23.6 Å². The van der Waals surface area contributed by atoms with Gasteiger partial charge >= 0.3 is 13.6 Å². The van der Waals surface area contributed by atoms with Crippen molar-refractivity contribution in [2.75, 3.05) is 6.54 Å². The lowest BCUT2D eigenvalue weighted by atomic mass is 10.0. The molecule has 1 saturated heterocycles. The highest BCUT2D eigenvalue weighted by Gasteiger charge is 2.43. The van der Waals surface area contributed by atoms with Gasteiger partial charge in [-0.3, -0.25) is 28.8 Å². The van der Waals surface area contributed by atoms with Gasteiger partial charge in [-0.2, -0.15) is 0 Å². The first-order valence-electron chi connectivity index (χ1n) is 16.3. The minimum atomic E-state index is -4.82. The number of carbonyl (C=O) groups is 6. The number of likely N-dealkylation sites (tertiary alicyclic amines) is 1. The molecular formula is C35H37Cl2N4O11P. The zero-order chi connectivity index (χ0) is 38.9. The lowest BCUT2D eigenvalue weighted by Gasteiger charge is -2.27. The molecular weight excluding hydrogens is 754 g/mol. The van der Waals surface area contributed by atoms with E-state index in [-0.39, 0.29) is 29.6 Å². The van der Waals surface area contributed by atoms with E-state index in [0.717, 1.165) is 0 Å². The van der Waals surface area contributed by atoms with Crippen LogP contribution in [0.2, 0.25) is 10.0 Å². The summed E-state index contributed by atoms with van der Waals surface area (Å²) in [5, 5.41) is 27.2. The second kappa shape index (κ2) is 18.1. The predicted molar refractivity (Wildman–Crippen MR) is 193 cm³/mol. The first-order chi connectivity index (χ1) is 25.0. The molecule has 282 valence electrons. The fourth-order valence-corrected chi connectivity index (χ4v) is 7.21. The summed E-state index contributed by atoms with van der Waals surface area (Å²) < 4.78 is 25.2. The molecule has 0 aliphatic carbocycles. The molecule has 4 amide bonds. The number of phenolic OH excluding ortho intramolecular Hbond substituents is 1. The number of nitrogens with zero attached hydrogens (tertiary/aromatic N) is 1. The Morgan fingerprint density at radius 3 is 1.87 bits per heavy atom. The molecule has 1 aliphatic heterocycles. The number of hydrogen-bond acceptors (Lipinski definition) is 10. The smallest absolute Gasteiger partial charge is 0.500 e. The van der Waals surface area contributed by atoms with Crippen molar-refractivity contribution in [2.24, 2.45) is 0 Å². The quantitative estimate of drug-likeness (QED) is 0.130. The van der Waals surface area contributed by atoms with Crippen molar-refractivity contribution in [3.8, 4) is 17.2 Å². The van der Waals surface area contributed by atoms with Crippen LogP contribution in [-0.2, 0) is 39.8 Å². The van der Waals surface area contributed by atoms with Crippen molar-refractivity contribution < 1.29 is 52.6 Å². The van der Waals surface area contributed by atoms with E-state index in [1.165, 1.54) is 91.5 Å². The van der Waals surface area contributed by atoms with E-state index >= 15 is 0 Å². The molecule has 0 radical (unpaired) electrons. The summed E-state index contributed by atoms with van der Waals surface area (Å²) in [5.41, 5.74) is -0.728. The van der Waals surface area contributed by atoms with E-state index in [4.69, 9.17) is 32.2 Å². The van der Waals surface area contributed by atoms with Crippen LogP contribution >= 0.6 is 30.8 Å². The summed E-state index contributed by atoms with van der Waals surface area (Å²) in [6.45, 7) is 2.83. The van der Waals surface area contributed by atoms with Gasteiger partial charge < -0.3 is 40.1 Å². The first-order valence-corrected chi connectivity index (χ1v) is 18.6. The molecule has 3 aromatic carbocycles. The molecule has 5 N–H and O–H groups in total. The van der Waals surface area contributed by atoms with Gasteiger partial charge in [0.25, 0.3) is 5.52 Å². The third kappa shape index (κ3) is 11.4. The van der Waals surface area contributed by atoms with Crippen LogP contribution in [0.5, 0.6) is 17.2 Å².